The van der Waals surface area contributed by atoms with Crippen molar-refractivity contribution in [3.05, 3.63) is 84.0 Å². The summed E-state index contributed by atoms with van der Waals surface area (Å²) in [5.74, 6) is -0.419. The molecule has 30 heavy (non-hydrogen) atoms. The summed E-state index contributed by atoms with van der Waals surface area (Å²) in [7, 11) is 0. The number of hydrogen-bond acceptors (Lipinski definition) is 5. The molecule has 0 saturated carbocycles. The number of nitrogens with zero attached hydrogens (tertiary/aromatic N) is 5. The van der Waals surface area contributed by atoms with E-state index in [9.17, 15) is 9.18 Å². The summed E-state index contributed by atoms with van der Waals surface area (Å²) < 4.78 is 14.2. The van der Waals surface area contributed by atoms with Crippen molar-refractivity contribution < 1.29 is 9.18 Å². The van der Waals surface area contributed by atoms with Crippen LogP contribution in [-0.2, 0) is 6.54 Å². The lowest BCUT2D eigenvalue weighted by atomic mass is 10.1. The van der Waals surface area contributed by atoms with E-state index in [0.29, 0.717) is 17.8 Å². The van der Waals surface area contributed by atoms with E-state index in [4.69, 9.17) is 0 Å². The van der Waals surface area contributed by atoms with Gasteiger partial charge in [0.1, 0.15) is 5.82 Å². The van der Waals surface area contributed by atoms with Gasteiger partial charge in [0.15, 0.2) is 0 Å². The summed E-state index contributed by atoms with van der Waals surface area (Å²) in [6, 6.07) is 8.38. The minimum absolute atomic E-state index is 0.312. The molecule has 0 aromatic carbocycles. The second-order valence-corrected chi connectivity index (χ2v) is 6.89. The highest BCUT2D eigenvalue weighted by Crippen LogP contribution is 2.22. The molecule has 4 aromatic heterocycles. The molecule has 0 aliphatic heterocycles. The molecule has 0 atom stereocenters. The standard InChI is InChI=1S/C22H19FN6O/c1-14-7-16(9-26-21(14)17-5-6-24-15(2)8-17)10-27-22(30)29-13-18(11-28-29)20-4-3-19(23)12-25-20/h3-9,11-13H,10H2,1-2H3,(H,27,30). The molecule has 0 saturated heterocycles. The van der Waals surface area contributed by atoms with Gasteiger partial charge in [-0.3, -0.25) is 15.0 Å². The van der Waals surface area contributed by atoms with Crippen molar-refractivity contribution in [2.24, 2.45) is 0 Å². The number of amides is 1. The lowest BCUT2D eigenvalue weighted by Crippen LogP contribution is -2.28. The zero-order chi connectivity index (χ0) is 21.1. The Morgan fingerprint density at radius 1 is 1.03 bits per heavy atom. The number of hydrogen-bond donors (Lipinski definition) is 1. The molecule has 0 spiro atoms. The molecule has 0 fully saturated rings. The van der Waals surface area contributed by atoms with Crippen LogP contribution in [0.1, 0.15) is 16.8 Å². The molecule has 0 unspecified atom stereocenters. The highest BCUT2D eigenvalue weighted by atomic mass is 19.1. The van der Waals surface area contributed by atoms with E-state index in [1.807, 2.05) is 32.0 Å². The first-order valence-electron chi connectivity index (χ1n) is 9.33. The maximum atomic E-state index is 13.0. The predicted octanol–water partition coefficient (Wildman–Crippen LogP) is 3.92. The van der Waals surface area contributed by atoms with Gasteiger partial charge in [-0.05, 0) is 49.2 Å². The maximum absolute atomic E-state index is 13.0. The Morgan fingerprint density at radius 3 is 2.63 bits per heavy atom. The first-order valence-corrected chi connectivity index (χ1v) is 9.33. The van der Waals surface area contributed by atoms with Crippen LogP contribution in [0.2, 0.25) is 0 Å². The number of aromatic nitrogens is 5. The molecule has 1 N–H and O–H groups in total. The van der Waals surface area contributed by atoms with Crippen LogP contribution in [0.15, 0.2) is 61.3 Å². The Morgan fingerprint density at radius 2 is 1.90 bits per heavy atom. The van der Waals surface area contributed by atoms with E-state index in [2.05, 4.69) is 25.4 Å². The minimum atomic E-state index is -0.419. The van der Waals surface area contributed by atoms with Crippen molar-refractivity contribution in [2.75, 3.05) is 0 Å². The molecule has 0 aliphatic carbocycles. The number of rotatable bonds is 4. The van der Waals surface area contributed by atoms with Crippen molar-refractivity contribution in [1.29, 1.82) is 0 Å². The van der Waals surface area contributed by atoms with E-state index < -0.39 is 5.82 Å². The van der Waals surface area contributed by atoms with Gasteiger partial charge in [0.05, 0.1) is 23.8 Å². The number of carbonyl (C=O) groups excluding carboxylic acids is 1. The Balaban J connectivity index is 1.43. The van der Waals surface area contributed by atoms with Crippen LogP contribution in [0.4, 0.5) is 9.18 Å². The zero-order valence-electron chi connectivity index (χ0n) is 16.5. The van der Waals surface area contributed by atoms with Crippen LogP contribution in [-0.4, -0.2) is 30.8 Å². The summed E-state index contributed by atoms with van der Waals surface area (Å²) in [5, 5.41) is 6.87. The van der Waals surface area contributed by atoms with E-state index in [1.54, 1.807) is 18.6 Å². The van der Waals surface area contributed by atoms with E-state index in [0.717, 1.165) is 34.3 Å². The monoisotopic (exact) mass is 402 g/mol. The summed E-state index contributed by atoms with van der Waals surface area (Å²) >= 11 is 0. The van der Waals surface area contributed by atoms with Crippen molar-refractivity contribution in [2.45, 2.75) is 20.4 Å². The van der Waals surface area contributed by atoms with Gasteiger partial charge >= 0.3 is 6.03 Å². The third-order valence-corrected chi connectivity index (χ3v) is 4.56. The van der Waals surface area contributed by atoms with E-state index >= 15 is 0 Å². The summed E-state index contributed by atoms with van der Waals surface area (Å²) in [6.45, 7) is 4.24. The van der Waals surface area contributed by atoms with Crippen molar-refractivity contribution in [3.8, 4) is 22.5 Å². The Hall–Kier alpha value is -3.94. The van der Waals surface area contributed by atoms with Crippen molar-refractivity contribution in [3.63, 3.8) is 0 Å². The average Bonchev–Trinajstić information content (AvgIpc) is 3.23. The topological polar surface area (TPSA) is 85.6 Å². The molecule has 4 aromatic rings. The molecule has 8 heteroatoms. The van der Waals surface area contributed by atoms with Crippen molar-refractivity contribution >= 4 is 6.03 Å². The van der Waals surface area contributed by atoms with E-state index in [1.165, 1.54) is 23.0 Å². The Kier molecular flexibility index (Phi) is 5.30. The van der Waals surface area contributed by atoms with Gasteiger partial charge in [0, 0.05) is 42.0 Å². The fourth-order valence-corrected chi connectivity index (χ4v) is 3.10. The average molecular weight is 402 g/mol. The first-order chi connectivity index (χ1) is 14.5. The molecular formula is C22H19FN6O. The van der Waals surface area contributed by atoms with Gasteiger partial charge in [-0.2, -0.15) is 9.78 Å². The third kappa shape index (κ3) is 4.22. The molecular weight excluding hydrogens is 383 g/mol. The lowest BCUT2D eigenvalue weighted by Gasteiger charge is -2.09. The second kappa shape index (κ2) is 8.20. The van der Waals surface area contributed by atoms with Gasteiger partial charge in [-0.1, -0.05) is 6.07 Å². The van der Waals surface area contributed by atoms with Gasteiger partial charge in [-0.25, -0.2) is 9.18 Å². The van der Waals surface area contributed by atoms with Gasteiger partial charge in [0.2, 0.25) is 0 Å². The number of halogens is 1. The first kappa shape index (κ1) is 19.4. The summed E-state index contributed by atoms with van der Waals surface area (Å²) in [5.41, 5.74) is 5.88. The summed E-state index contributed by atoms with van der Waals surface area (Å²) in [4.78, 5) is 25.2. The van der Waals surface area contributed by atoms with Crippen LogP contribution >= 0.6 is 0 Å². The second-order valence-electron chi connectivity index (χ2n) is 6.89. The molecule has 4 heterocycles. The fraction of sp³-hybridized carbons (Fsp3) is 0.136. The number of aryl methyl sites for hydroxylation is 2. The largest absolute Gasteiger partial charge is 0.342 e. The molecule has 1 amide bonds. The predicted molar refractivity (Wildman–Crippen MR) is 110 cm³/mol. The maximum Gasteiger partial charge on any atom is 0.342 e. The molecule has 150 valence electrons. The molecule has 0 bridgehead atoms. The van der Waals surface area contributed by atoms with Crippen LogP contribution in [0.25, 0.3) is 22.5 Å². The number of carbonyl (C=O) groups is 1. The highest BCUT2D eigenvalue weighted by Gasteiger charge is 2.10. The van der Waals surface area contributed by atoms with E-state index in [-0.39, 0.29) is 6.03 Å². The summed E-state index contributed by atoms with van der Waals surface area (Å²) in [6.07, 6.45) is 7.69. The SMILES string of the molecule is Cc1cc(-c2ncc(CNC(=O)n3cc(-c4ccc(F)cn4)cn3)cc2C)ccn1. The van der Waals surface area contributed by atoms with Crippen LogP contribution < -0.4 is 5.32 Å². The van der Waals surface area contributed by atoms with Crippen LogP contribution in [0, 0.1) is 19.7 Å². The van der Waals surface area contributed by atoms with Crippen molar-refractivity contribution in [1.82, 2.24) is 30.0 Å². The lowest BCUT2D eigenvalue weighted by molar-refractivity contribution is 0.239. The van der Waals surface area contributed by atoms with Crippen LogP contribution in [0.5, 0.6) is 0 Å². The quantitative estimate of drug-likeness (QED) is 0.559. The van der Waals surface area contributed by atoms with Gasteiger partial charge in [-0.15, -0.1) is 0 Å². The Labute approximate surface area is 172 Å². The molecule has 0 aliphatic rings. The van der Waals surface area contributed by atoms with Gasteiger partial charge in [0.25, 0.3) is 0 Å². The molecule has 7 nitrogen and oxygen atoms in total. The molecule has 4 rings (SSSR count). The number of pyridine rings is 3. The third-order valence-electron chi connectivity index (χ3n) is 4.56. The smallest absolute Gasteiger partial charge is 0.332 e. The number of nitrogens with one attached hydrogen (secondary N) is 1. The normalized spacial score (nSPS) is 10.8. The highest BCUT2D eigenvalue weighted by molar-refractivity contribution is 5.77. The zero-order valence-corrected chi connectivity index (χ0v) is 16.5. The van der Waals surface area contributed by atoms with Gasteiger partial charge < -0.3 is 5.32 Å². The fourth-order valence-electron chi connectivity index (χ4n) is 3.10. The molecule has 0 radical (unpaired) electrons. The minimum Gasteiger partial charge on any atom is -0.332 e. The Bertz CT molecular complexity index is 1200. The van der Waals surface area contributed by atoms with Crippen LogP contribution in [0.3, 0.4) is 0 Å².